The number of nitrogens with zero attached hydrogens (tertiary/aromatic N) is 1. The van der Waals surface area contributed by atoms with Crippen molar-refractivity contribution in [3.8, 4) is 0 Å². The van der Waals surface area contributed by atoms with E-state index in [2.05, 4.69) is 21.2 Å². The Balaban J connectivity index is 1.91. The second-order valence-corrected chi connectivity index (χ2v) is 7.94. The van der Waals surface area contributed by atoms with E-state index in [9.17, 15) is 14.0 Å². The number of nitrogens with one attached hydrogen (secondary N) is 1. The zero-order valence-electron chi connectivity index (χ0n) is 15.0. The molecule has 0 spiro atoms. The smallest absolute Gasteiger partial charge is 0.256 e. The highest BCUT2D eigenvalue weighted by molar-refractivity contribution is 9.10. The molecule has 0 radical (unpaired) electrons. The molecule has 0 fully saturated rings. The van der Waals surface area contributed by atoms with Gasteiger partial charge in [0, 0.05) is 20.7 Å². The Kier molecular flexibility index (Phi) is 5.39. The summed E-state index contributed by atoms with van der Waals surface area (Å²) in [4.78, 5) is 27.5. The SMILES string of the molecule is O=C1CN(C(=O)c2ccccc2Br)[C@H](c2ccc(F)cc2)c2cc(Cl)ccc2N1. The quantitative estimate of drug-likeness (QED) is 0.540. The molecule has 29 heavy (non-hydrogen) atoms. The highest BCUT2D eigenvalue weighted by atomic mass is 79.9. The maximum atomic E-state index is 13.6. The Morgan fingerprint density at radius 2 is 1.83 bits per heavy atom. The van der Waals surface area contributed by atoms with E-state index in [4.69, 9.17) is 11.6 Å². The van der Waals surface area contributed by atoms with E-state index < -0.39 is 6.04 Å². The Bertz CT molecular complexity index is 1100. The number of carbonyl (C=O) groups excluding carboxylic acids is 2. The van der Waals surface area contributed by atoms with E-state index in [1.807, 2.05) is 6.07 Å². The molecule has 1 aliphatic rings. The lowest BCUT2D eigenvalue weighted by atomic mass is 9.95. The van der Waals surface area contributed by atoms with Crippen molar-refractivity contribution < 1.29 is 14.0 Å². The van der Waals surface area contributed by atoms with Gasteiger partial charge < -0.3 is 10.2 Å². The number of hydrogen-bond donors (Lipinski definition) is 1. The van der Waals surface area contributed by atoms with Gasteiger partial charge in [0.05, 0.1) is 11.6 Å². The van der Waals surface area contributed by atoms with Crippen LogP contribution in [0, 0.1) is 5.82 Å². The van der Waals surface area contributed by atoms with E-state index in [-0.39, 0.29) is 24.2 Å². The summed E-state index contributed by atoms with van der Waals surface area (Å²) in [7, 11) is 0. The standard InChI is InChI=1S/C22H15BrClFN2O2/c23-18-4-2-1-3-16(18)22(29)27-12-20(28)26-19-10-7-14(24)11-17(19)21(27)13-5-8-15(25)9-6-13/h1-11,21H,12H2,(H,26,28)/t21-/m1/s1. The van der Waals surface area contributed by atoms with Crippen LogP contribution in [0.2, 0.25) is 5.02 Å². The van der Waals surface area contributed by atoms with Crippen molar-refractivity contribution in [2.45, 2.75) is 6.04 Å². The molecular weight excluding hydrogens is 459 g/mol. The fraction of sp³-hybridized carbons (Fsp3) is 0.0909. The van der Waals surface area contributed by atoms with Gasteiger partial charge in [-0.15, -0.1) is 0 Å². The minimum absolute atomic E-state index is 0.158. The van der Waals surface area contributed by atoms with Crippen LogP contribution in [0.4, 0.5) is 10.1 Å². The van der Waals surface area contributed by atoms with Crippen LogP contribution in [-0.2, 0) is 4.79 Å². The lowest BCUT2D eigenvalue weighted by Gasteiger charge is -2.31. The Labute approximate surface area is 180 Å². The molecule has 1 aliphatic heterocycles. The van der Waals surface area contributed by atoms with Crippen molar-refractivity contribution in [3.63, 3.8) is 0 Å². The molecule has 4 nitrogen and oxygen atoms in total. The van der Waals surface area contributed by atoms with Gasteiger partial charge >= 0.3 is 0 Å². The Morgan fingerprint density at radius 3 is 2.55 bits per heavy atom. The Hall–Kier alpha value is -2.70. The summed E-state index contributed by atoms with van der Waals surface area (Å²) in [6, 6.07) is 17.4. The van der Waals surface area contributed by atoms with Gasteiger partial charge in [0.1, 0.15) is 12.4 Å². The van der Waals surface area contributed by atoms with Gasteiger partial charge in [-0.1, -0.05) is 35.9 Å². The van der Waals surface area contributed by atoms with Crippen molar-refractivity contribution in [2.75, 3.05) is 11.9 Å². The molecule has 4 rings (SSSR count). The number of fused-ring (bicyclic) bond motifs is 1. The summed E-state index contributed by atoms with van der Waals surface area (Å²) in [5, 5.41) is 3.31. The average Bonchev–Trinajstić information content (AvgIpc) is 2.84. The van der Waals surface area contributed by atoms with Gasteiger partial charge in [-0.2, -0.15) is 0 Å². The summed E-state index contributed by atoms with van der Waals surface area (Å²) < 4.78 is 14.2. The number of amides is 2. The highest BCUT2D eigenvalue weighted by Crippen LogP contribution is 2.38. The number of anilines is 1. The van der Waals surface area contributed by atoms with Crippen LogP contribution >= 0.6 is 27.5 Å². The molecule has 1 N–H and O–H groups in total. The number of carbonyl (C=O) groups is 2. The van der Waals surface area contributed by atoms with Crippen LogP contribution in [0.15, 0.2) is 71.2 Å². The molecule has 2 amide bonds. The first kappa shape index (κ1) is 19.6. The van der Waals surface area contributed by atoms with E-state index >= 15 is 0 Å². The minimum Gasteiger partial charge on any atom is -0.324 e. The van der Waals surface area contributed by atoms with Crippen LogP contribution in [0.5, 0.6) is 0 Å². The first-order valence-electron chi connectivity index (χ1n) is 8.84. The predicted molar refractivity (Wildman–Crippen MR) is 114 cm³/mol. The molecule has 0 saturated heterocycles. The van der Waals surface area contributed by atoms with Gasteiger partial charge in [-0.3, -0.25) is 9.59 Å². The van der Waals surface area contributed by atoms with Gasteiger partial charge in [-0.05, 0) is 64.0 Å². The molecule has 146 valence electrons. The van der Waals surface area contributed by atoms with Crippen molar-refractivity contribution in [2.24, 2.45) is 0 Å². The monoisotopic (exact) mass is 472 g/mol. The minimum atomic E-state index is -0.622. The Morgan fingerprint density at radius 1 is 1.10 bits per heavy atom. The van der Waals surface area contributed by atoms with Gasteiger partial charge in [0.15, 0.2) is 0 Å². The van der Waals surface area contributed by atoms with Gasteiger partial charge in [-0.25, -0.2) is 4.39 Å². The molecule has 3 aromatic carbocycles. The molecule has 0 bridgehead atoms. The maximum absolute atomic E-state index is 13.6. The maximum Gasteiger partial charge on any atom is 0.256 e. The molecule has 7 heteroatoms. The van der Waals surface area contributed by atoms with E-state index in [1.54, 1.807) is 48.5 Å². The molecule has 0 unspecified atom stereocenters. The third-order valence-electron chi connectivity index (χ3n) is 4.76. The third kappa shape index (κ3) is 3.91. The van der Waals surface area contributed by atoms with Crippen molar-refractivity contribution in [1.29, 1.82) is 0 Å². The number of benzene rings is 3. The van der Waals surface area contributed by atoms with Gasteiger partial charge in [0.25, 0.3) is 5.91 Å². The van der Waals surface area contributed by atoms with Crippen LogP contribution in [0.25, 0.3) is 0 Å². The zero-order valence-corrected chi connectivity index (χ0v) is 17.4. The number of rotatable bonds is 2. The fourth-order valence-corrected chi connectivity index (χ4v) is 4.10. The molecule has 1 heterocycles. The van der Waals surface area contributed by atoms with E-state index in [0.717, 1.165) is 0 Å². The third-order valence-corrected chi connectivity index (χ3v) is 5.69. The molecule has 0 aliphatic carbocycles. The molecule has 1 atom stereocenters. The second kappa shape index (κ2) is 7.97. The lowest BCUT2D eigenvalue weighted by Crippen LogP contribution is -2.39. The lowest BCUT2D eigenvalue weighted by molar-refractivity contribution is -0.117. The fourth-order valence-electron chi connectivity index (χ4n) is 3.46. The summed E-state index contributed by atoms with van der Waals surface area (Å²) in [5.74, 6) is -1.03. The van der Waals surface area contributed by atoms with Crippen LogP contribution in [0.1, 0.15) is 27.5 Å². The summed E-state index contributed by atoms with van der Waals surface area (Å²) in [6.07, 6.45) is 0. The number of hydrogen-bond acceptors (Lipinski definition) is 2. The average molecular weight is 474 g/mol. The van der Waals surface area contributed by atoms with Crippen molar-refractivity contribution in [1.82, 2.24) is 4.90 Å². The molecule has 0 saturated carbocycles. The summed E-state index contributed by atoms with van der Waals surface area (Å²) in [6.45, 7) is -0.158. The normalized spacial score (nSPS) is 16.0. The van der Waals surface area contributed by atoms with Gasteiger partial charge in [0.2, 0.25) is 5.91 Å². The highest BCUT2D eigenvalue weighted by Gasteiger charge is 2.34. The number of halogens is 3. The van der Waals surface area contributed by atoms with Crippen molar-refractivity contribution >= 4 is 45.0 Å². The van der Waals surface area contributed by atoms with Crippen LogP contribution < -0.4 is 5.32 Å². The molecule has 3 aromatic rings. The summed E-state index contributed by atoms with van der Waals surface area (Å²) >= 11 is 9.64. The van der Waals surface area contributed by atoms with E-state index in [1.165, 1.54) is 17.0 Å². The second-order valence-electron chi connectivity index (χ2n) is 6.65. The molecular formula is C22H15BrClFN2O2. The molecule has 0 aromatic heterocycles. The van der Waals surface area contributed by atoms with Crippen LogP contribution in [-0.4, -0.2) is 23.3 Å². The van der Waals surface area contributed by atoms with E-state index in [0.29, 0.717) is 31.9 Å². The van der Waals surface area contributed by atoms with Crippen molar-refractivity contribution in [3.05, 3.63) is 98.7 Å². The topological polar surface area (TPSA) is 49.4 Å². The summed E-state index contributed by atoms with van der Waals surface area (Å²) in [5.41, 5.74) is 2.33. The first-order valence-corrected chi connectivity index (χ1v) is 10.0. The first-order chi connectivity index (χ1) is 13.9. The largest absolute Gasteiger partial charge is 0.324 e. The zero-order chi connectivity index (χ0) is 20.5. The predicted octanol–water partition coefficient (Wildman–Crippen LogP) is 5.43. The van der Waals surface area contributed by atoms with Crippen LogP contribution in [0.3, 0.4) is 0 Å².